The number of benzene rings is 1. The van der Waals surface area contributed by atoms with Gasteiger partial charge >= 0.3 is 0 Å². The molecule has 1 aliphatic carbocycles. The van der Waals surface area contributed by atoms with E-state index in [4.69, 9.17) is 0 Å². The van der Waals surface area contributed by atoms with Gasteiger partial charge in [-0.05, 0) is 48.4 Å². The quantitative estimate of drug-likeness (QED) is 0.866. The van der Waals surface area contributed by atoms with Gasteiger partial charge in [0.15, 0.2) is 0 Å². The van der Waals surface area contributed by atoms with Gasteiger partial charge in [-0.15, -0.1) is 0 Å². The number of pyridine rings is 1. The van der Waals surface area contributed by atoms with Gasteiger partial charge in [-0.3, -0.25) is 4.98 Å². The van der Waals surface area contributed by atoms with Crippen LogP contribution in [0, 0.1) is 5.92 Å². The molecule has 0 unspecified atom stereocenters. The van der Waals surface area contributed by atoms with Crippen molar-refractivity contribution >= 4 is 10.8 Å². The largest absolute Gasteiger partial charge is 0.312 e. The topological polar surface area (TPSA) is 24.9 Å². The van der Waals surface area contributed by atoms with E-state index in [0.29, 0.717) is 0 Å². The lowest BCUT2D eigenvalue weighted by Crippen LogP contribution is -2.26. The molecule has 17 heavy (non-hydrogen) atoms. The SMILES string of the molecule is c1cc2cc(CNCC3CCC3)ccc2cn1. The first-order valence-electron chi connectivity index (χ1n) is 6.45. The van der Waals surface area contributed by atoms with Crippen LogP contribution in [0.3, 0.4) is 0 Å². The van der Waals surface area contributed by atoms with E-state index in [2.05, 4.69) is 34.6 Å². The van der Waals surface area contributed by atoms with Crippen LogP contribution in [0.5, 0.6) is 0 Å². The number of rotatable bonds is 4. The van der Waals surface area contributed by atoms with E-state index >= 15 is 0 Å². The fraction of sp³-hybridized carbons (Fsp3) is 0.400. The minimum atomic E-state index is 0.930. The van der Waals surface area contributed by atoms with Gasteiger partial charge < -0.3 is 5.32 Å². The van der Waals surface area contributed by atoms with E-state index in [0.717, 1.165) is 12.5 Å². The summed E-state index contributed by atoms with van der Waals surface area (Å²) in [6, 6.07) is 8.68. The molecule has 3 rings (SSSR count). The highest BCUT2D eigenvalue weighted by Crippen LogP contribution is 2.25. The smallest absolute Gasteiger partial charge is 0.0346 e. The molecule has 88 valence electrons. The van der Waals surface area contributed by atoms with Crippen molar-refractivity contribution in [2.75, 3.05) is 6.54 Å². The van der Waals surface area contributed by atoms with Gasteiger partial charge in [0.05, 0.1) is 0 Å². The Kier molecular flexibility index (Phi) is 3.06. The summed E-state index contributed by atoms with van der Waals surface area (Å²) in [4.78, 5) is 4.13. The van der Waals surface area contributed by atoms with Gasteiger partial charge in [0.25, 0.3) is 0 Å². The highest BCUT2D eigenvalue weighted by molar-refractivity contribution is 5.81. The van der Waals surface area contributed by atoms with Crippen molar-refractivity contribution in [1.29, 1.82) is 0 Å². The first-order valence-corrected chi connectivity index (χ1v) is 6.45. The summed E-state index contributed by atoms with van der Waals surface area (Å²) in [6.45, 7) is 2.16. The van der Waals surface area contributed by atoms with Gasteiger partial charge in [0.1, 0.15) is 0 Å². The van der Waals surface area contributed by atoms with E-state index in [1.54, 1.807) is 0 Å². The Hall–Kier alpha value is -1.41. The Balaban J connectivity index is 1.63. The molecule has 0 bridgehead atoms. The van der Waals surface area contributed by atoms with Crippen LogP contribution in [-0.4, -0.2) is 11.5 Å². The number of hydrogen-bond acceptors (Lipinski definition) is 2. The summed E-state index contributed by atoms with van der Waals surface area (Å²) < 4.78 is 0. The van der Waals surface area contributed by atoms with Crippen LogP contribution < -0.4 is 5.32 Å². The summed E-state index contributed by atoms with van der Waals surface area (Å²) >= 11 is 0. The number of nitrogens with zero attached hydrogens (tertiary/aromatic N) is 1. The molecule has 1 aliphatic rings. The summed E-state index contributed by atoms with van der Waals surface area (Å²) in [5.74, 6) is 0.930. The van der Waals surface area contributed by atoms with E-state index < -0.39 is 0 Å². The third-order valence-corrected chi connectivity index (χ3v) is 3.69. The maximum Gasteiger partial charge on any atom is 0.0346 e. The summed E-state index contributed by atoms with van der Waals surface area (Å²) in [6.07, 6.45) is 8.02. The fourth-order valence-electron chi connectivity index (χ4n) is 2.36. The van der Waals surface area contributed by atoms with Crippen LogP contribution in [0.2, 0.25) is 0 Å². The van der Waals surface area contributed by atoms with Crippen LogP contribution >= 0.6 is 0 Å². The average Bonchev–Trinajstić information content (AvgIpc) is 2.32. The second kappa shape index (κ2) is 4.84. The molecule has 0 saturated heterocycles. The number of aromatic nitrogens is 1. The lowest BCUT2D eigenvalue weighted by atomic mass is 9.85. The normalized spacial score (nSPS) is 16.0. The highest BCUT2D eigenvalue weighted by atomic mass is 14.9. The Bertz CT molecular complexity index is 503. The molecular formula is C15H18N2. The fourth-order valence-corrected chi connectivity index (χ4v) is 2.36. The van der Waals surface area contributed by atoms with E-state index in [-0.39, 0.29) is 0 Å². The van der Waals surface area contributed by atoms with Crippen LogP contribution in [-0.2, 0) is 6.54 Å². The lowest BCUT2D eigenvalue weighted by molar-refractivity contribution is 0.301. The minimum absolute atomic E-state index is 0.930. The Morgan fingerprint density at radius 1 is 1.18 bits per heavy atom. The molecule has 1 aromatic carbocycles. The molecule has 1 aromatic heterocycles. The minimum Gasteiger partial charge on any atom is -0.312 e. The average molecular weight is 226 g/mol. The first-order chi connectivity index (χ1) is 8.42. The zero-order chi connectivity index (χ0) is 11.5. The van der Waals surface area contributed by atoms with Crippen LogP contribution in [0.15, 0.2) is 36.7 Å². The molecule has 0 atom stereocenters. The van der Waals surface area contributed by atoms with Crippen molar-refractivity contribution in [3.63, 3.8) is 0 Å². The Morgan fingerprint density at radius 3 is 2.94 bits per heavy atom. The molecule has 1 N–H and O–H groups in total. The molecule has 0 amide bonds. The zero-order valence-electron chi connectivity index (χ0n) is 10.0. The molecule has 2 heteroatoms. The van der Waals surface area contributed by atoms with Crippen LogP contribution in [0.25, 0.3) is 10.8 Å². The second-order valence-corrected chi connectivity index (χ2v) is 4.99. The maximum atomic E-state index is 4.13. The predicted molar refractivity (Wildman–Crippen MR) is 70.8 cm³/mol. The first kappa shape index (κ1) is 10.7. The third kappa shape index (κ3) is 2.47. The van der Waals surface area contributed by atoms with Crippen LogP contribution in [0.1, 0.15) is 24.8 Å². The van der Waals surface area contributed by atoms with Crippen molar-refractivity contribution in [3.8, 4) is 0 Å². The Morgan fingerprint density at radius 2 is 2.12 bits per heavy atom. The summed E-state index contributed by atoms with van der Waals surface area (Å²) in [5.41, 5.74) is 1.36. The highest BCUT2D eigenvalue weighted by Gasteiger charge is 2.16. The molecule has 2 aromatic rings. The van der Waals surface area contributed by atoms with Crippen molar-refractivity contribution in [2.24, 2.45) is 5.92 Å². The third-order valence-electron chi connectivity index (χ3n) is 3.69. The van der Waals surface area contributed by atoms with Crippen molar-refractivity contribution in [3.05, 3.63) is 42.2 Å². The Labute approximate surface area is 102 Å². The molecule has 1 saturated carbocycles. The van der Waals surface area contributed by atoms with Gasteiger partial charge in [-0.25, -0.2) is 0 Å². The van der Waals surface area contributed by atoms with Gasteiger partial charge in [-0.1, -0.05) is 18.6 Å². The van der Waals surface area contributed by atoms with Crippen molar-refractivity contribution < 1.29 is 0 Å². The predicted octanol–water partition coefficient (Wildman–Crippen LogP) is 3.12. The molecule has 0 radical (unpaired) electrons. The standard InChI is InChI=1S/C15H18N2/c1-2-12(3-1)9-17-10-13-4-5-15-11-16-7-6-14(15)8-13/h4-8,11-12,17H,1-3,9-10H2. The van der Waals surface area contributed by atoms with Crippen molar-refractivity contribution in [2.45, 2.75) is 25.8 Å². The monoisotopic (exact) mass is 226 g/mol. The van der Waals surface area contributed by atoms with E-state index in [1.165, 1.54) is 42.1 Å². The molecule has 0 aliphatic heterocycles. The number of hydrogen-bond donors (Lipinski definition) is 1. The van der Waals surface area contributed by atoms with Crippen molar-refractivity contribution in [1.82, 2.24) is 10.3 Å². The number of nitrogens with one attached hydrogen (secondary N) is 1. The van der Waals surface area contributed by atoms with E-state index in [1.807, 2.05) is 12.4 Å². The van der Waals surface area contributed by atoms with Gasteiger partial charge in [0, 0.05) is 24.3 Å². The molecule has 0 spiro atoms. The second-order valence-electron chi connectivity index (χ2n) is 4.99. The molecular weight excluding hydrogens is 208 g/mol. The summed E-state index contributed by atoms with van der Waals surface area (Å²) in [7, 11) is 0. The summed E-state index contributed by atoms with van der Waals surface area (Å²) in [5, 5.41) is 6.05. The molecule has 2 nitrogen and oxygen atoms in total. The zero-order valence-corrected chi connectivity index (χ0v) is 10.0. The number of fused-ring (bicyclic) bond motifs is 1. The lowest BCUT2D eigenvalue weighted by Gasteiger charge is -2.25. The van der Waals surface area contributed by atoms with Crippen LogP contribution in [0.4, 0.5) is 0 Å². The molecule has 1 fully saturated rings. The molecule has 1 heterocycles. The van der Waals surface area contributed by atoms with Gasteiger partial charge in [-0.2, -0.15) is 0 Å². The van der Waals surface area contributed by atoms with E-state index in [9.17, 15) is 0 Å². The maximum absolute atomic E-state index is 4.13. The van der Waals surface area contributed by atoms with Gasteiger partial charge in [0.2, 0.25) is 0 Å².